The van der Waals surface area contributed by atoms with E-state index in [4.69, 9.17) is 0 Å². The van der Waals surface area contributed by atoms with Crippen LogP contribution in [0.15, 0.2) is 18.3 Å². The number of non-ortho nitro benzene ring substituents is 1. The SMILES string of the molecule is Cn1ncc2c([N+](=O)[O-])cc(CBr)cc21. The van der Waals surface area contributed by atoms with Crippen molar-refractivity contribution in [2.75, 3.05) is 0 Å². The monoisotopic (exact) mass is 269 g/mol. The summed E-state index contributed by atoms with van der Waals surface area (Å²) in [4.78, 5) is 10.5. The summed E-state index contributed by atoms with van der Waals surface area (Å²) in [7, 11) is 1.77. The normalized spacial score (nSPS) is 10.8. The highest BCUT2D eigenvalue weighted by molar-refractivity contribution is 9.08. The Morgan fingerprint density at radius 2 is 2.33 bits per heavy atom. The summed E-state index contributed by atoms with van der Waals surface area (Å²) < 4.78 is 1.63. The molecule has 2 rings (SSSR count). The van der Waals surface area contributed by atoms with Crippen LogP contribution < -0.4 is 0 Å². The molecule has 0 radical (unpaired) electrons. The number of halogens is 1. The third kappa shape index (κ3) is 1.61. The van der Waals surface area contributed by atoms with E-state index in [1.807, 2.05) is 6.07 Å². The Kier molecular flexibility index (Phi) is 2.44. The zero-order valence-electron chi connectivity index (χ0n) is 7.98. The third-order valence-electron chi connectivity index (χ3n) is 2.26. The Bertz CT molecular complexity index is 535. The number of hydrogen-bond acceptors (Lipinski definition) is 3. The van der Waals surface area contributed by atoms with E-state index in [2.05, 4.69) is 21.0 Å². The summed E-state index contributed by atoms with van der Waals surface area (Å²) in [5.74, 6) is 0. The average molecular weight is 270 g/mol. The number of nitro groups is 1. The van der Waals surface area contributed by atoms with Crippen molar-refractivity contribution in [3.8, 4) is 0 Å². The molecule has 0 unspecified atom stereocenters. The Morgan fingerprint density at radius 1 is 1.60 bits per heavy atom. The molecule has 0 atom stereocenters. The van der Waals surface area contributed by atoms with Gasteiger partial charge in [-0.2, -0.15) is 5.10 Å². The minimum Gasteiger partial charge on any atom is -0.268 e. The van der Waals surface area contributed by atoms with Crippen LogP contribution in [0.1, 0.15) is 5.56 Å². The molecule has 1 aromatic carbocycles. The van der Waals surface area contributed by atoms with Gasteiger partial charge in [-0.25, -0.2) is 0 Å². The first-order valence-corrected chi connectivity index (χ1v) is 5.40. The Morgan fingerprint density at radius 3 is 2.93 bits per heavy atom. The fourth-order valence-electron chi connectivity index (χ4n) is 1.51. The molecular weight excluding hydrogens is 262 g/mol. The fraction of sp³-hybridized carbons (Fsp3) is 0.222. The molecule has 78 valence electrons. The lowest BCUT2D eigenvalue weighted by atomic mass is 10.1. The lowest BCUT2D eigenvalue weighted by Gasteiger charge is -1.99. The van der Waals surface area contributed by atoms with Gasteiger partial charge in [-0.05, 0) is 11.6 Å². The molecule has 0 saturated carbocycles. The molecule has 2 aromatic rings. The summed E-state index contributed by atoms with van der Waals surface area (Å²) in [6.45, 7) is 0. The van der Waals surface area contributed by atoms with Crippen molar-refractivity contribution in [2.45, 2.75) is 5.33 Å². The van der Waals surface area contributed by atoms with Crippen LogP contribution in [0.25, 0.3) is 10.9 Å². The van der Waals surface area contributed by atoms with Crippen LogP contribution in [0.3, 0.4) is 0 Å². The summed E-state index contributed by atoms with van der Waals surface area (Å²) in [5.41, 5.74) is 1.76. The molecular formula is C9H8BrN3O2. The Hall–Kier alpha value is -1.43. The van der Waals surface area contributed by atoms with Gasteiger partial charge < -0.3 is 0 Å². The summed E-state index contributed by atoms with van der Waals surface area (Å²) in [6.07, 6.45) is 1.52. The number of aryl methyl sites for hydroxylation is 1. The Labute approximate surface area is 94.0 Å². The van der Waals surface area contributed by atoms with E-state index in [1.54, 1.807) is 17.8 Å². The molecule has 15 heavy (non-hydrogen) atoms. The molecule has 0 fully saturated rings. The van der Waals surface area contributed by atoms with Gasteiger partial charge in [0.05, 0.1) is 22.0 Å². The molecule has 0 spiro atoms. The lowest BCUT2D eigenvalue weighted by molar-refractivity contribution is -0.383. The smallest absolute Gasteiger partial charge is 0.268 e. The molecule has 0 aliphatic heterocycles. The maximum atomic E-state index is 10.8. The maximum absolute atomic E-state index is 10.8. The van der Waals surface area contributed by atoms with Crippen LogP contribution in [0.5, 0.6) is 0 Å². The minimum absolute atomic E-state index is 0.107. The van der Waals surface area contributed by atoms with E-state index >= 15 is 0 Å². The quantitative estimate of drug-likeness (QED) is 0.478. The first-order chi connectivity index (χ1) is 7.13. The highest BCUT2D eigenvalue weighted by atomic mass is 79.9. The molecule has 0 aliphatic rings. The van der Waals surface area contributed by atoms with E-state index in [0.717, 1.165) is 11.1 Å². The fourth-order valence-corrected chi connectivity index (χ4v) is 1.84. The predicted octanol–water partition coefficient (Wildman–Crippen LogP) is 2.38. The van der Waals surface area contributed by atoms with Gasteiger partial charge >= 0.3 is 0 Å². The molecule has 6 heteroatoms. The molecule has 0 bridgehead atoms. The maximum Gasteiger partial charge on any atom is 0.280 e. The van der Waals surface area contributed by atoms with Crippen molar-refractivity contribution < 1.29 is 4.92 Å². The van der Waals surface area contributed by atoms with Gasteiger partial charge in [0.15, 0.2) is 0 Å². The lowest BCUT2D eigenvalue weighted by Crippen LogP contribution is -1.93. The van der Waals surface area contributed by atoms with Crippen molar-refractivity contribution in [3.05, 3.63) is 34.0 Å². The number of hydrogen-bond donors (Lipinski definition) is 0. The van der Waals surface area contributed by atoms with Crippen LogP contribution in [-0.2, 0) is 12.4 Å². The standard InChI is InChI=1S/C9H8BrN3O2/c1-12-8-2-6(4-10)3-9(13(14)15)7(8)5-11-12/h2-3,5H,4H2,1H3. The summed E-state index contributed by atoms with van der Waals surface area (Å²) in [5, 5.41) is 16.0. The second kappa shape index (κ2) is 3.62. The first-order valence-electron chi connectivity index (χ1n) is 4.28. The third-order valence-corrected chi connectivity index (χ3v) is 2.90. The number of nitrogens with zero attached hydrogens (tertiary/aromatic N) is 3. The van der Waals surface area contributed by atoms with Crippen molar-refractivity contribution in [2.24, 2.45) is 7.05 Å². The van der Waals surface area contributed by atoms with Gasteiger partial charge in [0.25, 0.3) is 5.69 Å². The second-order valence-corrected chi connectivity index (χ2v) is 3.77. The van der Waals surface area contributed by atoms with Gasteiger partial charge in [0.2, 0.25) is 0 Å². The average Bonchev–Trinajstić information content (AvgIpc) is 2.59. The van der Waals surface area contributed by atoms with Crippen molar-refractivity contribution >= 4 is 32.5 Å². The van der Waals surface area contributed by atoms with E-state index in [-0.39, 0.29) is 10.6 Å². The summed E-state index contributed by atoms with van der Waals surface area (Å²) >= 11 is 3.29. The van der Waals surface area contributed by atoms with Gasteiger partial charge in [-0.1, -0.05) is 15.9 Å². The molecule has 1 heterocycles. The topological polar surface area (TPSA) is 61.0 Å². The molecule has 0 aliphatic carbocycles. The van der Waals surface area contributed by atoms with Crippen molar-refractivity contribution in [1.82, 2.24) is 9.78 Å². The molecule has 0 saturated heterocycles. The van der Waals surface area contributed by atoms with Crippen LogP contribution in [-0.4, -0.2) is 14.7 Å². The van der Waals surface area contributed by atoms with Gasteiger partial charge in [-0.15, -0.1) is 0 Å². The Balaban J connectivity index is 2.82. The number of benzene rings is 1. The van der Waals surface area contributed by atoms with Crippen LogP contribution in [0.4, 0.5) is 5.69 Å². The molecule has 5 nitrogen and oxygen atoms in total. The van der Waals surface area contributed by atoms with Crippen LogP contribution in [0.2, 0.25) is 0 Å². The van der Waals surface area contributed by atoms with E-state index in [1.165, 1.54) is 6.20 Å². The largest absolute Gasteiger partial charge is 0.280 e. The van der Waals surface area contributed by atoms with Crippen molar-refractivity contribution in [1.29, 1.82) is 0 Å². The van der Waals surface area contributed by atoms with Gasteiger partial charge in [0.1, 0.15) is 0 Å². The van der Waals surface area contributed by atoms with E-state index in [0.29, 0.717) is 10.7 Å². The summed E-state index contributed by atoms with van der Waals surface area (Å²) in [6, 6.07) is 3.46. The van der Waals surface area contributed by atoms with Gasteiger partial charge in [-0.3, -0.25) is 14.8 Å². The number of fused-ring (bicyclic) bond motifs is 1. The van der Waals surface area contributed by atoms with E-state index < -0.39 is 0 Å². The van der Waals surface area contributed by atoms with Gasteiger partial charge in [0, 0.05) is 18.4 Å². The molecule has 1 aromatic heterocycles. The first kappa shape index (κ1) is 10.1. The highest BCUT2D eigenvalue weighted by Crippen LogP contribution is 2.27. The molecule has 0 N–H and O–H groups in total. The predicted molar refractivity (Wildman–Crippen MR) is 60.0 cm³/mol. The zero-order valence-corrected chi connectivity index (χ0v) is 9.56. The second-order valence-electron chi connectivity index (χ2n) is 3.21. The number of alkyl halides is 1. The molecule has 0 amide bonds. The van der Waals surface area contributed by atoms with Crippen molar-refractivity contribution in [3.63, 3.8) is 0 Å². The van der Waals surface area contributed by atoms with Crippen LogP contribution in [0, 0.1) is 10.1 Å². The minimum atomic E-state index is -0.379. The number of rotatable bonds is 2. The highest BCUT2D eigenvalue weighted by Gasteiger charge is 2.15. The number of aromatic nitrogens is 2. The van der Waals surface area contributed by atoms with E-state index in [9.17, 15) is 10.1 Å². The number of nitro benzene ring substituents is 1. The zero-order chi connectivity index (χ0) is 11.0. The van der Waals surface area contributed by atoms with Crippen LogP contribution >= 0.6 is 15.9 Å².